The van der Waals surface area contributed by atoms with Crippen LogP contribution in [-0.4, -0.2) is 30.1 Å². The Hall–Kier alpha value is -2.04. The summed E-state index contributed by atoms with van der Waals surface area (Å²) in [5.74, 6) is -0.378. The fraction of sp³-hybridized carbons (Fsp3) is 0.467. The summed E-state index contributed by atoms with van der Waals surface area (Å²) < 4.78 is 5.34. The molecule has 1 aromatic carbocycles. The maximum absolute atomic E-state index is 11.7. The normalized spacial score (nSPS) is 16.0. The molecule has 1 aromatic rings. The molecule has 1 aliphatic carbocycles. The fourth-order valence-electron chi connectivity index (χ4n) is 2.42. The summed E-state index contributed by atoms with van der Waals surface area (Å²) in [4.78, 5) is 22.5. The number of benzene rings is 1. The number of hydrogen-bond acceptors (Lipinski definition) is 3. The third kappa shape index (κ3) is 3.98. The van der Waals surface area contributed by atoms with Gasteiger partial charge < -0.3 is 15.2 Å². The molecule has 0 aromatic heterocycles. The molecule has 108 valence electrons. The summed E-state index contributed by atoms with van der Waals surface area (Å²) in [5.41, 5.74) is -0.256. The van der Waals surface area contributed by atoms with Crippen molar-refractivity contribution in [2.75, 3.05) is 13.2 Å². The first-order valence-electron chi connectivity index (χ1n) is 6.76. The number of nitrogens with one attached hydrogen (secondary N) is 1. The standard InChI is InChI=1S/C15H19NO4/c17-13(10-20-12-5-2-1-3-6-12)16-11-15(7-4-8-15)9-14(18)19/h1-3,5-6H,4,7-11H2,(H,16,17)(H,18,19). The van der Waals surface area contributed by atoms with E-state index in [4.69, 9.17) is 9.84 Å². The lowest BCUT2D eigenvalue weighted by Gasteiger charge is -2.40. The van der Waals surface area contributed by atoms with Crippen LogP contribution in [0.2, 0.25) is 0 Å². The second-order valence-electron chi connectivity index (χ2n) is 5.30. The molecular weight excluding hydrogens is 258 g/mol. The number of carboxylic acid groups (broad SMARTS) is 1. The second-order valence-corrected chi connectivity index (χ2v) is 5.30. The molecule has 0 unspecified atom stereocenters. The van der Waals surface area contributed by atoms with Crippen molar-refractivity contribution in [1.29, 1.82) is 0 Å². The van der Waals surface area contributed by atoms with Gasteiger partial charge in [-0.3, -0.25) is 9.59 Å². The topological polar surface area (TPSA) is 75.6 Å². The Balaban J connectivity index is 1.73. The number of rotatable bonds is 7. The van der Waals surface area contributed by atoms with Crippen LogP contribution in [-0.2, 0) is 9.59 Å². The van der Waals surface area contributed by atoms with E-state index < -0.39 is 5.97 Å². The molecule has 20 heavy (non-hydrogen) atoms. The smallest absolute Gasteiger partial charge is 0.303 e. The molecule has 5 nitrogen and oxygen atoms in total. The number of para-hydroxylation sites is 1. The zero-order valence-corrected chi connectivity index (χ0v) is 11.3. The quantitative estimate of drug-likeness (QED) is 0.797. The van der Waals surface area contributed by atoms with Crippen molar-refractivity contribution in [3.8, 4) is 5.75 Å². The Morgan fingerprint density at radius 1 is 1.25 bits per heavy atom. The maximum Gasteiger partial charge on any atom is 0.303 e. The van der Waals surface area contributed by atoms with E-state index in [-0.39, 0.29) is 24.3 Å². The zero-order chi connectivity index (χ0) is 14.4. The molecule has 1 saturated carbocycles. The molecule has 0 spiro atoms. The summed E-state index contributed by atoms with van der Waals surface area (Å²) in [6.07, 6.45) is 2.87. The van der Waals surface area contributed by atoms with Crippen LogP contribution >= 0.6 is 0 Å². The van der Waals surface area contributed by atoms with E-state index in [9.17, 15) is 9.59 Å². The molecule has 2 N–H and O–H groups in total. The van der Waals surface area contributed by atoms with Gasteiger partial charge in [-0.1, -0.05) is 24.6 Å². The number of carboxylic acids is 1. The predicted octanol–water partition coefficient (Wildman–Crippen LogP) is 1.83. The van der Waals surface area contributed by atoms with Crippen molar-refractivity contribution in [3.05, 3.63) is 30.3 Å². The van der Waals surface area contributed by atoms with Gasteiger partial charge in [-0.15, -0.1) is 0 Å². The molecule has 0 bridgehead atoms. The van der Waals surface area contributed by atoms with Gasteiger partial charge in [0.15, 0.2) is 6.61 Å². The minimum absolute atomic E-state index is 0.0484. The van der Waals surface area contributed by atoms with Crippen LogP contribution < -0.4 is 10.1 Å². The average molecular weight is 277 g/mol. The third-order valence-corrected chi connectivity index (χ3v) is 3.71. The fourth-order valence-corrected chi connectivity index (χ4v) is 2.42. The van der Waals surface area contributed by atoms with Crippen LogP contribution in [0.25, 0.3) is 0 Å². The van der Waals surface area contributed by atoms with E-state index in [1.807, 2.05) is 18.2 Å². The van der Waals surface area contributed by atoms with Gasteiger partial charge in [0.2, 0.25) is 0 Å². The first-order chi connectivity index (χ1) is 9.60. The first kappa shape index (κ1) is 14.4. The van der Waals surface area contributed by atoms with Crippen molar-refractivity contribution < 1.29 is 19.4 Å². The van der Waals surface area contributed by atoms with E-state index >= 15 is 0 Å². The number of hydrogen-bond donors (Lipinski definition) is 2. The number of aliphatic carboxylic acids is 1. The molecule has 0 radical (unpaired) electrons. The van der Waals surface area contributed by atoms with Crippen LogP contribution in [0.3, 0.4) is 0 Å². The SMILES string of the molecule is O=C(O)CC1(CNC(=O)COc2ccccc2)CCC1. The first-order valence-corrected chi connectivity index (χ1v) is 6.76. The van der Waals surface area contributed by atoms with E-state index in [1.54, 1.807) is 12.1 Å². The summed E-state index contributed by atoms with van der Waals surface area (Å²) in [5, 5.41) is 11.7. The highest BCUT2D eigenvalue weighted by Gasteiger charge is 2.39. The average Bonchev–Trinajstić information content (AvgIpc) is 2.40. The lowest BCUT2D eigenvalue weighted by molar-refractivity contribution is -0.142. The highest BCUT2D eigenvalue weighted by Crippen LogP contribution is 2.43. The van der Waals surface area contributed by atoms with Gasteiger partial charge in [-0.2, -0.15) is 0 Å². The van der Waals surface area contributed by atoms with Gasteiger partial charge in [0.1, 0.15) is 5.75 Å². The van der Waals surface area contributed by atoms with E-state index in [0.29, 0.717) is 12.3 Å². The van der Waals surface area contributed by atoms with Crippen LogP contribution in [0.4, 0.5) is 0 Å². The molecule has 1 amide bonds. The number of carbonyl (C=O) groups excluding carboxylic acids is 1. The Bertz CT molecular complexity index is 468. The van der Waals surface area contributed by atoms with Crippen LogP contribution in [0, 0.1) is 5.41 Å². The van der Waals surface area contributed by atoms with Crippen molar-refractivity contribution >= 4 is 11.9 Å². The number of carbonyl (C=O) groups is 2. The van der Waals surface area contributed by atoms with Gasteiger partial charge in [0.05, 0.1) is 6.42 Å². The van der Waals surface area contributed by atoms with Crippen molar-refractivity contribution in [1.82, 2.24) is 5.32 Å². The lowest BCUT2D eigenvalue weighted by atomic mass is 9.66. The second kappa shape index (κ2) is 6.41. The summed E-state index contributed by atoms with van der Waals surface area (Å²) >= 11 is 0. The third-order valence-electron chi connectivity index (χ3n) is 3.71. The summed E-state index contributed by atoms with van der Waals surface area (Å²) in [6.45, 7) is 0.365. The lowest BCUT2D eigenvalue weighted by Crippen LogP contribution is -2.44. The van der Waals surface area contributed by atoms with Gasteiger partial charge in [-0.25, -0.2) is 0 Å². The highest BCUT2D eigenvalue weighted by molar-refractivity contribution is 5.77. The molecule has 0 heterocycles. The molecule has 0 atom stereocenters. The minimum atomic E-state index is -0.806. The zero-order valence-electron chi connectivity index (χ0n) is 11.3. The van der Waals surface area contributed by atoms with E-state index in [0.717, 1.165) is 19.3 Å². The summed E-state index contributed by atoms with van der Waals surface area (Å²) in [7, 11) is 0. The van der Waals surface area contributed by atoms with Crippen molar-refractivity contribution in [3.63, 3.8) is 0 Å². The highest BCUT2D eigenvalue weighted by atomic mass is 16.5. The summed E-state index contributed by atoms with van der Waals surface area (Å²) in [6, 6.07) is 9.11. The van der Waals surface area contributed by atoms with Crippen LogP contribution in [0.1, 0.15) is 25.7 Å². The molecule has 2 rings (SSSR count). The Kier molecular flexibility index (Phi) is 4.61. The largest absolute Gasteiger partial charge is 0.484 e. The molecule has 1 fully saturated rings. The van der Waals surface area contributed by atoms with Crippen molar-refractivity contribution in [2.24, 2.45) is 5.41 Å². The van der Waals surface area contributed by atoms with Crippen molar-refractivity contribution in [2.45, 2.75) is 25.7 Å². The van der Waals surface area contributed by atoms with E-state index in [2.05, 4.69) is 5.32 Å². The Morgan fingerprint density at radius 3 is 2.50 bits per heavy atom. The maximum atomic E-state index is 11.7. The molecule has 5 heteroatoms. The van der Waals surface area contributed by atoms with Crippen LogP contribution in [0.5, 0.6) is 5.75 Å². The number of ether oxygens (including phenoxy) is 1. The van der Waals surface area contributed by atoms with E-state index in [1.165, 1.54) is 0 Å². The Labute approximate surface area is 117 Å². The number of amides is 1. The Morgan fingerprint density at radius 2 is 1.95 bits per heavy atom. The molecule has 0 aliphatic heterocycles. The molecule has 0 saturated heterocycles. The van der Waals surface area contributed by atoms with Gasteiger partial charge in [0, 0.05) is 6.54 Å². The predicted molar refractivity (Wildman–Crippen MR) is 73.5 cm³/mol. The van der Waals surface area contributed by atoms with Gasteiger partial charge >= 0.3 is 5.97 Å². The van der Waals surface area contributed by atoms with Gasteiger partial charge in [0.25, 0.3) is 5.91 Å². The molecule has 1 aliphatic rings. The minimum Gasteiger partial charge on any atom is -0.484 e. The molecular formula is C15H19NO4. The van der Waals surface area contributed by atoms with Gasteiger partial charge in [-0.05, 0) is 30.4 Å². The van der Waals surface area contributed by atoms with Crippen LogP contribution in [0.15, 0.2) is 30.3 Å². The monoisotopic (exact) mass is 277 g/mol.